The fourth-order valence-electron chi connectivity index (χ4n) is 2.30. The first-order valence-electron chi connectivity index (χ1n) is 8.22. The molecule has 2 N–H and O–H groups in total. The topological polar surface area (TPSA) is 76.1 Å². The molecule has 3 aromatic rings. The first-order valence-corrected chi connectivity index (χ1v) is 9.79. The molecule has 3 rings (SSSR count). The average molecular weight is 435 g/mol. The van der Waals surface area contributed by atoms with Crippen molar-refractivity contribution in [1.29, 1.82) is 0 Å². The second-order valence-electron chi connectivity index (χ2n) is 5.60. The van der Waals surface area contributed by atoms with Crippen LogP contribution in [-0.2, 0) is 13.0 Å². The molecule has 2 aromatic carbocycles. The summed E-state index contributed by atoms with van der Waals surface area (Å²) in [6.07, 6.45) is 2.54. The first-order chi connectivity index (χ1) is 13.5. The van der Waals surface area contributed by atoms with Crippen LogP contribution in [0.25, 0.3) is 0 Å². The van der Waals surface area contributed by atoms with Gasteiger partial charge in [0, 0.05) is 5.69 Å². The summed E-state index contributed by atoms with van der Waals surface area (Å²) in [4.78, 5) is 12.1. The zero-order chi connectivity index (χ0) is 19.9. The van der Waals surface area contributed by atoms with E-state index >= 15 is 0 Å². The van der Waals surface area contributed by atoms with Gasteiger partial charge in [0.05, 0.1) is 10.0 Å². The standard InChI is InChI=1S/C19H16Cl2N4O2S/c1-2-5-12-6-3-4-7-16(12)27-11-17-24-25-19(28-17)23-18(26)22-13-8-9-14(20)15(21)10-13/h2-4,6-10H,1,5,11H2,(H2,22,23,25,26). The number of rotatable bonds is 7. The van der Waals surface area contributed by atoms with Crippen LogP contribution in [0.5, 0.6) is 5.75 Å². The zero-order valence-electron chi connectivity index (χ0n) is 14.6. The maximum Gasteiger partial charge on any atom is 0.325 e. The Hall–Kier alpha value is -2.61. The molecule has 0 spiro atoms. The maximum absolute atomic E-state index is 12.1. The molecule has 0 aliphatic rings. The van der Waals surface area contributed by atoms with Crippen LogP contribution in [0.15, 0.2) is 55.1 Å². The molecule has 0 atom stereocenters. The van der Waals surface area contributed by atoms with Gasteiger partial charge in [-0.2, -0.15) is 0 Å². The summed E-state index contributed by atoms with van der Waals surface area (Å²) >= 11 is 13.0. The van der Waals surface area contributed by atoms with Crippen molar-refractivity contribution in [2.75, 3.05) is 10.6 Å². The fraction of sp³-hybridized carbons (Fsp3) is 0.105. The molecule has 0 saturated heterocycles. The molecule has 6 nitrogen and oxygen atoms in total. The monoisotopic (exact) mass is 434 g/mol. The zero-order valence-corrected chi connectivity index (χ0v) is 16.9. The van der Waals surface area contributed by atoms with Crippen LogP contribution in [0.2, 0.25) is 10.0 Å². The lowest BCUT2D eigenvalue weighted by Crippen LogP contribution is -2.19. The lowest BCUT2D eigenvalue weighted by Gasteiger charge is -2.08. The molecule has 0 fully saturated rings. The second-order valence-corrected chi connectivity index (χ2v) is 7.47. The predicted octanol–water partition coefficient (Wildman–Crippen LogP) is 5.80. The number of amides is 2. The summed E-state index contributed by atoms with van der Waals surface area (Å²) in [6, 6.07) is 12.1. The summed E-state index contributed by atoms with van der Waals surface area (Å²) in [5.74, 6) is 0.768. The Labute approximate surface area is 176 Å². The Morgan fingerprint density at radius 1 is 1.14 bits per heavy atom. The van der Waals surface area contributed by atoms with Gasteiger partial charge < -0.3 is 10.1 Å². The van der Waals surface area contributed by atoms with E-state index in [4.69, 9.17) is 27.9 Å². The SMILES string of the molecule is C=CCc1ccccc1OCc1nnc(NC(=O)Nc2ccc(Cl)c(Cl)c2)s1. The minimum atomic E-state index is -0.460. The number of carbonyl (C=O) groups is 1. The number of ether oxygens (including phenoxy) is 1. The van der Waals surface area contributed by atoms with Crippen molar-refractivity contribution in [2.24, 2.45) is 0 Å². The third kappa shape index (κ3) is 5.45. The number of halogens is 2. The molecular weight excluding hydrogens is 419 g/mol. The van der Waals surface area contributed by atoms with Crippen LogP contribution in [0.4, 0.5) is 15.6 Å². The van der Waals surface area contributed by atoms with Gasteiger partial charge >= 0.3 is 6.03 Å². The van der Waals surface area contributed by atoms with Crippen LogP contribution >= 0.6 is 34.5 Å². The minimum absolute atomic E-state index is 0.252. The molecule has 0 aliphatic carbocycles. The number of hydrogen-bond donors (Lipinski definition) is 2. The first kappa shape index (κ1) is 20.1. The highest BCUT2D eigenvalue weighted by Gasteiger charge is 2.10. The number of aromatic nitrogens is 2. The Morgan fingerprint density at radius 3 is 2.75 bits per heavy atom. The maximum atomic E-state index is 12.1. The summed E-state index contributed by atoms with van der Waals surface area (Å²) in [7, 11) is 0. The molecule has 0 radical (unpaired) electrons. The van der Waals surface area contributed by atoms with E-state index in [-0.39, 0.29) is 6.61 Å². The van der Waals surface area contributed by atoms with E-state index in [0.29, 0.717) is 32.3 Å². The van der Waals surface area contributed by atoms with E-state index in [0.717, 1.165) is 11.3 Å². The van der Waals surface area contributed by atoms with Gasteiger partial charge in [-0.05, 0) is 36.2 Å². The Bertz CT molecular complexity index is 994. The molecule has 144 valence electrons. The van der Waals surface area contributed by atoms with Crippen molar-refractivity contribution in [3.63, 3.8) is 0 Å². The fourth-order valence-corrected chi connectivity index (χ4v) is 3.25. The number of hydrogen-bond acceptors (Lipinski definition) is 5. The van der Waals surface area contributed by atoms with E-state index in [1.54, 1.807) is 18.2 Å². The number of anilines is 2. The number of allylic oxidation sites excluding steroid dienone is 1. The van der Waals surface area contributed by atoms with Crippen molar-refractivity contribution in [1.82, 2.24) is 10.2 Å². The number of nitrogens with one attached hydrogen (secondary N) is 2. The highest BCUT2D eigenvalue weighted by Crippen LogP contribution is 2.25. The van der Waals surface area contributed by atoms with Crippen molar-refractivity contribution in [3.8, 4) is 5.75 Å². The lowest BCUT2D eigenvalue weighted by atomic mass is 10.1. The molecule has 0 aliphatic heterocycles. The number of urea groups is 1. The summed E-state index contributed by atoms with van der Waals surface area (Å²) in [5, 5.41) is 15.0. The van der Waals surface area contributed by atoms with E-state index < -0.39 is 6.03 Å². The molecule has 28 heavy (non-hydrogen) atoms. The second kappa shape index (κ2) is 9.54. The van der Waals surface area contributed by atoms with Crippen LogP contribution < -0.4 is 15.4 Å². The third-order valence-corrected chi connectivity index (χ3v) is 5.10. The summed E-state index contributed by atoms with van der Waals surface area (Å²) in [5.41, 5.74) is 1.56. The summed E-state index contributed by atoms with van der Waals surface area (Å²) < 4.78 is 5.82. The quantitative estimate of drug-likeness (QED) is 0.460. The third-order valence-electron chi connectivity index (χ3n) is 3.55. The molecular formula is C19H16Cl2N4O2S. The Balaban J connectivity index is 1.56. The smallest absolute Gasteiger partial charge is 0.325 e. The highest BCUT2D eigenvalue weighted by molar-refractivity contribution is 7.15. The summed E-state index contributed by atoms with van der Waals surface area (Å²) in [6.45, 7) is 4.00. The normalized spacial score (nSPS) is 10.4. The molecule has 1 aromatic heterocycles. The van der Waals surface area contributed by atoms with Crippen molar-refractivity contribution in [2.45, 2.75) is 13.0 Å². The van der Waals surface area contributed by atoms with E-state index in [9.17, 15) is 4.79 Å². The average Bonchev–Trinajstić information content (AvgIpc) is 3.11. The van der Waals surface area contributed by atoms with Gasteiger partial charge in [-0.3, -0.25) is 5.32 Å². The number of para-hydroxylation sites is 1. The van der Waals surface area contributed by atoms with Crippen LogP contribution in [0, 0.1) is 0 Å². The number of nitrogens with zero attached hydrogens (tertiary/aromatic N) is 2. The Kier molecular flexibility index (Phi) is 6.86. The molecule has 2 amide bonds. The van der Waals surface area contributed by atoms with Gasteiger partial charge in [0.15, 0.2) is 5.01 Å². The van der Waals surface area contributed by atoms with Crippen molar-refractivity contribution >= 4 is 51.4 Å². The molecule has 1 heterocycles. The van der Waals surface area contributed by atoms with Gasteiger partial charge in [-0.25, -0.2) is 4.79 Å². The van der Waals surface area contributed by atoms with Crippen LogP contribution in [0.1, 0.15) is 10.6 Å². The van der Waals surface area contributed by atoms with Crippen molar-refractivity contribution < 1.29 is 9.53 Å². The predicted molar refractivity (Wildman–Crippen MR) is 114 cm³/mol. The Morgan fingerprint density at radius 2 is 1.96 bits per heavy atom. The van der Waals surface area contributed by atoms with Gasteiger partial charge in [-0.15, -0.1) is 16.8 Å². The van der Waals surface area contributed by atoms with Crippen LogP contribution in [-0.4, -0.2) is 16.2 Å². The number of carbonyl (C=O) groups excluding carboxylic acids is 1. The van der Waals surface area contributed by atoms with E-state index in [2.05, 4.69) is 27.4 Å². The van der Waals surface area contributed by atoms with Gasteiger partial charge in [0.2, 0.25) is 5.13 Å². The van der Waals surface area contributed by atoms with E-state index in [1.807, 2.05) is 30.3 Å². The minimum Gasteiger partial charge on any atom is -0.486 e. The van der Waals surface area contributed by atoms with Crippen molar-refractivity contribution in [3.05, 3.63) is 75.7 Å². The molecule has 0 saturated carbocycles. The van der Waals surface area contributed by atoms with Gasteiger partial charge in [-0.1, -0.05) is 58.8 Å². The van der Waals surface area contributed by atoms with Gasteiger partial charge in [0.1, 0.15) is 12.4 Å². The molecule has 0 unspecified atom stereocenters. The lowest BCUT2D eigenvalue weighted by molar-refractivity contribution is 0.262. The molecule has 0 bridgehead atoms. The van der Waals surface area contributed by atoms with Crippen LogP contribution in [0.3, 0.4) is 0 Å². The largest absolute Gasteiger partial charge is 0.486 e. The van der Waals surface area contributed by atoms with E-state index in [1.165, 1.54) is 11.3 Å². The molecule has 9 heteroatoms. The number of benzene rings is 2. The van der Waals surface area contributed by atoms with Gasteiger partial charge in [0.25, 0.3) is 0 Å². The highest BCUT2D eigenvalue weighted by atomic mass is 35.5.